The Balaban J connectivity index is 2.41. The number of carbonyl (C=O) groups excluding carboxylic acids is 1. The van der Waals surface area contributed by atoms with E-state index in [1.165, 1.54) is 25.3 Å². The summed E-state index contributed by atoms with van der Waals surface area (Å²) in [6.07, 6.45) is 2.04. The Hall–Kier alpha value is -2.18. The van der Waals surface area contributed by atoms with Crippen LogP contribution in [0.25, 0.3) is 0 Å². The van der Waals surface area contributed by atoms with Crippen molar-refractivity contribution in [2.75, 3.05) is 18.5 Å². The van der Waals surface area contributed by atoms with E-state index in [2.05, 4.69) is 10.3 Å². The van der Waals surface area contributed by atoms with Gasteiger partial charge in [-0.1, -0.05) is 0 Å². The fourth-order valence-corrected chi connectivity index (χ4v) is 1.18. The van der Waals surface area contributed by atoms with E-state index in [-0.39, 0.29) is 24.1 Å². The lowest BCUT2D eigenvalue weighted by Gasteiger charge is -2.05. The number of hydrogen-bond acceptors (Lipinski definition) is 6. The third kappa shape index (κ3) is 4.45. The third-order valence-electron chi connectivity index (χ3n) is 1.90. The van der Waals surface area contributed by atoms with Crippen LogP contribution in [0.2, 0.25) is 0 Å². The molecule has 1 aromatic heterocycles. The fourth-order valence-electron chi connectivity index (χ4n) is 1.18. The highest BCUT2D eigenvalue weighted by atomic mass is 16.6. The number of nitrogens with zero attached hydrogens (tertiary/aromatic N) is 2. The molecule has 0 saturated heterocycles. The van der Waals surface area contributed by atoms with Gasteiger partial charge in [-0.15, -0.1) is 0 Å². The summed E-state index contributed by atoms with van der Waals surface area (Å²) in [7, 11) is 0. The van der Waals surface area contributed by atoms with E-state index in [4.69, 9.17) is 4.74 Å². The van der Waals surface area contributed by atoms with Crippen molar-refractivity contribution < 1.29 is 14.5 Å². The SMILES string of the molecule is CC(=O)OCCCNc1ncccc1[N+](=O)[O-]. The van der Waals surface area contributed by atoms with Crippen molar-refractivity contribution in [3.05, 3.63) is 28.4 Å². The first-order chi connectivity index (χ1) is 8.11. The lowest BCUT2D eigenvalue weighted by molar-refractivity contribution is -0.384. The van der Waals surface area contributed by atoms with Crippen LogP contribution in [0, 0.1) is 10.1 Å². The van der Waals surface area contributed by atoms with E-state index in [9.17, 15) is 14.9 Å². The van der Waals surface area contributed by atoms with Crippen molar-refractivity contribution in [2.45, 2.75) is 13.3 Å². The molecule has 1 heterocycles. The summed E-state index contributed by atoms with van der Waals surface area (Å²) in [5.74, 6) is -0.117. The highest BCUT2D eigenvalue weighted by molar-refractivity contribution is 5.65. The van der Waals surface area contributed by atoms with Gasteiger partial charge in [0, 0.05) is 25.7 Å². The predicted molar refractivity (Wildman–Crippen MR) is 60.6 cm³/mol. The predicted octanol–water partition coefficient (Wildman–Crippen LogP) is 1.35. The van der Waals surface area contributed by atoms with Crippen LogP contribution in [0.1, 0.15) is 13.3 Å². The molecule has 1 rings (SSSR count). The minimum absolute atomic E-state index is 0.0695. The van der Waals surface area contributed by atoms with E-state index < -0.39 is 4.92 Å². The summed E-state index contributed by atoms with van der Waals surface area (Å²) in [4.78, 5) is 24.5. The van der Waals surface area contributed by atoms with Crippen LogP contribution in [0.4, 0.5) is 11.5 Å². The van der Waals surface area contributed by atoms with Crippen LogP contribution in [-0.2, 0) is 9.53 Å². The van der Waals surface area contributed by atoms with Crippen LogP contribution in [0.15, 0.2) is 18.3 Å². The number of carbonyl (C=O) groups is 1. The summed E-state index contributed by atoms with van der Waals surface area (Å²) >= 11 is 0. The lowest BCUT2D eigenvalue weighted by atomic mass is 10.3. The molecule has 0 atom stereocenters. The molecule has 0 bridgehead atoms. The summed E-state index contributed by atoms with van der Waals surface area (Å²) in [6, 6.07) is 2.88. The van der Waals surface area contributed by atoms with Gasteiger partial charge in [0.05, 0.1) is 11.5 Å². The Morgan fingerprint density at radius 3 is 3.06 bits per heavy atom. The Morgan fingerprint density at radius 2 is 2.41 bits per heavy atom. The molecule has 0 aliphatic heterocycles. The van der Waals surface area contributed by atoms with Crippen LogP contribution in [-0.4, -0.2) is 29.0 Å². The fraction of sp³-hybridized carbons (Fsp3) is 0.400. The summed E-state index contributed by atoms with van der Waals surface area (Å²) < 4.78 is 4.72. The molecule has 7 heteroatoms. The summed E-state index contributed by atoms with van der Waals surface area (Å²) in [5.41, 5.74) is -0.0695. The summed E-state index contributed by atoms with van der Waals surface area (Å²) in [5, 5.41) is 13.5. The standard InChI is InChI=1S/C10H13N3O4/c1-8(14)17-7-3-6-12-10-9(13(15)16)4-2-5-11-10/h2,4-5H,3,6-7H2,1H3,(H,11,12). The Morgan fingerprint density at radius 1 is 1.65 bits per heavy atom. The van der Waals surface area contributed by atoms with Gasteiger partial charge >= 0.3 is 11.7 Å². The molecule has 0 aliphatic rings. The second kappa shape index (κ2) is 6.41. The molecule has 1 N–H and O–H groups in total. The van der Waals surface area contributed by atoms with Crippen molar-refractivity contribution in [3.63, 3.8) is 0 Å². The molecule has 0 amide bonds. The number of rotatable bonds is 6. The number of nitro groups is 1. The molecular formula is C10H13N3O4. The van der Waals surface area contributed by atoms with E-state index in [1.54, 1.807) is 0 Å². The zero-order valence-electron chi connectivity index (χ0n) is 9.38. The van der Waals surface area contributed by atoms with Gasteiger partial charge in [-0.05, 0) is 12.5 Å². The minimum atomic E-state index is -0.499. The van der Waals surface area contributed by atoms with E-state index in [0.29, 0.717) is 13.0 Å². The minimum Gasteiger partial charge on any atom is -0.466 e. The largest absolute Gasteiger partial charge is 0.466 e. The number of ether oxygens (including phenoxy) is 1. The highest BCUT2D eigenvalue weighted by Gasteiger charge is 2.12. The van der Waals surface area contributed by atoms with Gasteiger partial charge < -0.3 is 10.1 Å². The molecule has 0 saturated carbocycles. The van der Waals surface area contributed by atoms with Crippen molar-refractivity contribution in [1.82, 2.24) is 4.98 Å². The first-order valence-electron chi connectivity index (χ1n) is 5.08. The molecular weight excluding hydrogens is 226 g/mol. The highest BCUT2D eigenvalue weighted by Crippen LogP contribution is 2.19. The molecule has 17 heavy (non-hydrogen) atoms. The molecule has 1 aromatic rings. The molecule has 0 spiro atoms. The monoisotopic (exact) mass is 239 g/mol. The maximum Gasteiger partial charge on any atom is 0.311 e. The maximum atomic E-state index is 10.7. The molecule has 7 nitrogen and oxygen atoms in total. The Kier molecular flexibility index (Phi) is 4.86. The molecule has 92 valence electrons. The van der Waals surface area contributed by atoms with Gasteiger partial charge in [0.2, 0.25) is 5.82 Å². The average Bonchev–Trinajstić information content (AvgIpc) is 2.28. The quantitative estimate of drug-likeness (QED) is 0.348. The van der Waals surface area contributed by atoms with Crippen molar-refractivity contribution in [3.8, 4) is 0 Å². The third-order valence-corrected chi connectivity index (χ3v) is 1.90. The second-order valence-electron chi connectivity index (χ2n) is 3.25. The summed E-state index contributed by atoms with van der Waals surface area (Å²) in [6.45, 7) is 2.06. The topological polar surface area (TPSA) is 94.4 Å². The average molecular weight is 239 g/mol. The van der Waals surface area contributed by atoms with E-state index >= 15 is 0 Å². The van der Waals surface area contributed by atoms with Crippen LogP contribution >= 0.6 is 0 Å². The van der Waals surface area contributed by atoms with Crippen molar-refractivity contribution >= 4 is 17.5 Å². The second-order valence-corrected chi connectivity index (χ2v) is 3.25. The Bertz CT molecular complexity index is 408. The van der Waals surface area contributed by atoms with Gasteiger partial charge in [0.1, 0.15) is 0 Å². The van der Waals surface area contributed by atoms with E-state index in [1.807, 2.05) is 0 Å². The molecule has 0 fully saturated rings. The number of pyridine rings is 1. The number of aromatic nitrogens is 1. The number of anilines is 1. The van der Waals surface area contributed by atoms with Crippen molar-refractivity contribution in [2.24, 2.45) is 0 Å². The van der Waals surface area contributed by atoms with Crippen LogP contribution in [0.3, 0.4) is 0 Å². The molecule has 0 radical (unpaired) electrons. The molecule has 0 unspecified atom stereocenters. The smallest absolute Gasteiger partial charge is 0.311 e. The Labute approximate surface area is 98.0 Å². The van der Waals surface area contributed by atoms with Gasteiger partial charge in [-0.2, -0.15) is 0 Å². The van der Waals surface area contributed by atoms with Gasteiger partial charge in [-0.25, -0.2) is 4.98 Å². The number of hydrogen-bond donors (Lipinski definition) is 1. The van der Waals surface area contributed by atoms with Gasteiger partial charge in [0.15, 0.2) is 0 Å². The van der Waals surface area contributed by atoms with Gasteiger partial charge in [0.25, 0.3) is 0 Å². The normalized spacial score (nSPS) is 9.71. The number of esters is 1. The van der Waals surface area contributed by atoms with Crippen LogP contribution < -0.4 is 5.32 Å². The molecule has 0 aliphatic carbocycles. The lowest BCUT2D eigenvalue weighted by Crippen LogP contribution is -2.09. The maximum absolute atomic E-state index is 10.7. The first kappa shape index (κ1) is 12.9. The van der Waals surface area contributed by atoms with E-state index in [0.717, 1.165) is 0 Å². The zero-order valence-corrected chi connectivity index (χ0v) is 9.38. The van der Waals surface area contributed by atoms with Crippen LogP contribution in [0.5, 0.6) is 0 Å². The first-order valence-corrected chi connectivity index (χ1v) is 5.08. The van der Waals surface area contributed by atoms with Gasteiger partial charge in [-0.3, -0.25) is 14.9 Å². The number of nitrogens with one attached hydrogen (secondary N) is 1. The molecule has 0 aromatic carbocycles. The van der Waals surface area contributed by atoms with Crippen molar-refractivity contribution in [1.29, 1.82) is 0 Å². The zero-order chi connectivity index (χ0) is 12.7.